The van der Waals surface area contributed by atoms with Gasteiger partial charge in [-0.3, -0.25) is 4.90 Å². The zero-order chi connectivity index (χ0) is 8.23. The van der Waals surface area contributed by atoms with Gasteiger partial charge in [0.1, 0.15) is 5.76 Å². The molecule has 0 bridgehead atoms. The van der Waals surface area contributed by atoms with Crippen LogP contribution in [0.3, 0.4) is 0 Å². The minimum absolute atomic E-state index is 0.953. The highest BCUT2D eigenvalue weighted by Crippen LogP contribution is 2.05. The molecule has 1 aromatic heterocycles. The molecule has 0 atom stereocenters. The van der Waals surface area contributed by atoms with Crippen LogP contribution < -0.4 is 5.32 Å². The van der Waals surface area contributed by atoms with Crippen molar-refractivity contribution >= 4 is 0 Å². The van der Waals surface area contributed by atoms with Crippen molar-refractivity contribution in [3.8, 4) is 0 Å². The Morgan fingerprint density at radius 1 is 1.42 bits per heavy atom. The maximum Gasteiger partial charge on any atom is 0.117 e. The number of nitrogens with zero attached hydrogens (tertiary/aromatic N) is 1. The minimum Gasteiger partial charge on any atom is -0.468 e. The van der Waals surface area contributed by atoms with Crippen molar-refractivity contribution in [1.29, 1.82) is 0 Å². The van der Waals surface area contributed by atoms with Crippen LogP contribution in [0, 0.1) is 0 Å². The first kappa shape index (κ1) is 7.83. The van der Waals surface area contributed by atoms with Gasteiger partial charge in [-0.15, -0.1) is 0 Å². The molecule has 0 saturated carbocycles. The fourth-order valence-corrected chi connectivity index (χ4v) is 1.49. The van der Waals surface area contributed by atoms with E-state index in [0.29, 0.717) is 0 Å². The molecule has 1 aliphatic rings. The van der Waals surface area contributed by atoms with Gasteiger partial charge in [0.25, 0.3) is 0 Å². The maximum atomic E-state index is 5.27. The highest BCUT2D eigenvalue weighted by molar-refractivity contribution is 4.98. The normalized spacial score (nSPS) is 19.7. The summed E-state index contributed by atoms with van der Waals surface area (Å²) in [5, 5.41) is 3.32. The van der Waals surface area contributed by atoms with Crippen molar-refractivity contribution in [1.82, 2.24) is 10.2 Å². The van der Waals surface area contributed by atoms with Crippen molar-refractivity contribution in [2.75, 3.05) is 26.2 Å². The summed E-state index contributed by atoms with van der Waals surface area (Å²) >= 11 is 0. The van der Waals surface area contributed by atoms with Crippen molar-refractivity contribution in [2.45, 2.75) is 6.54 Å². The number of nitrogens with one attached hydrogen (secondary N) is 1. The summed E-state index contributed by atoms with van der Waals surface area (Å²) in [7, 11) is 0. The molecule has 0 radical (unpaired) electrons. The van der Waals surface area contributed by atoms with Crippen LogP contribution in [0.5, 0.6) is 0 Å². The number of hydrogen-bond acceptors (Lipinski definition) is 3. The van der Waals surface area contributed by atoms with Gasteiger partial charge in [0.2, 0.25) is 0 Å². The van der Waals surface area contributed by atoms with Crippen molar-refractivity contribution in [3.63, 3.8) is 0 Å². The Morgan fingerprint density at radius 2 is 2.25 bits per heavy atom. The molecule has 1 saturated heterocycles. The lowest BCUT2D eigenvalue weighted by molar-refractivity contribution is 0.216. The van der Waals surface area contributed by atoms with Gasteiger partial charge >= 0.3 is 0 Å². The van der Waals surface area contributed by atoms with Gasteiger partial charge in [0.15, 0.2) is 0 Å². The average molecular weight is 166 g/mol. The second-order valence-electron chi connectivity index (χ2n) is 3.11. The summed E-state index contributed by atoms with van der Waals surface area (Å²) in [5.41, 5.74) is 0. The number of rotatable bonds is 2. The summed E-state index contributed by atoms with van der Waals surface area (Å²) in [6.45, 7) is 5.40. The molecule has 1 aliphatic heterocycles. The Labute approximate surface area is 72.4 Å². The summed E-state index contributed by atoms with van der Waals surface area (Å²) in [4.78, 5) is 2.40. The van der Waals surface area contributed by atoms with E-state index in [1.54, 1.807) is 6.26 Å². The summed E-state index contributed by atoms with van der Waals surface area (Å²) < 4.78 is 5.27. The Balaban J connectivity index is 1.86. The molecule has 2 rings (SSSR count). The number of piperazine rings is 1. The molecule has 66 valence electrons. The molecule has 3 nitrogen and oxygen atoms in total. The molecule has 12 heavy (non-hydrogen) atoms. The summed E-state index contributed by atoms with van der Waals surface area (Å²) in [5.74, 6) is 1.07. The first-order valence-electron chi connectivity index (χ1n) is 4.40. The predicted molar refractivity (Wildman–Crippen MR) is 46.9 cm³/mol. The second kappa shape index (κ2) is 3.74. The SMILES string of the molecule is c1coc(CN2CCNCC2)c1. The smallest absolute Gasteiger partial charge is 0.117 e. The van der Waals surface area contributed by atoms with E-state index in [2.05, 4.69) is 10.2 Å². The molecule has 2 heterocycles. The van der Waals surface area contributed by atoms with Crippen LogP contribution in [0.25, 0.3) is 0 Å². The van der Waals surface area contributed by atoms with Gasteiger partial charge < -0.3 is 9.73 Å². The zero-order valence-corrected chi connectivity index (χ0v) is 7.12. The maximum absolute atomic E-state index is 5.27. The van der Waals surface area contributed by atoms with Crippen molar-refractivity contribution in [3.05, 3.63) is 24.2 Å². The monoisotopic (exact) mass is 166 g/mol. The number of hydrogen-bond donors (Lipinski definition) is 1. The van der Waals surface area contributed by atoms with Crippen LogP contribution >= 0.6 is 0 Å². The Bertz CT molecular complexity index is 214. The molecular formula is C9H14N2O. The third kappa shape index (κ3) is 1.87. The highest BCUT2D eigenvalue weighted by Gasteiger charge is 2.10. The van der Waals surface area contributed by atoms with Crippen LogP contribution in [0.2, 0.25) is 0 Å². The highest BCUT2D eigenvalue weighted by atomic mass is 16.3. The molecule has 1 N–H and O–H groups in total. The molecule has 0 unspecified atom stereocenters. The van der Waals surface area contributed by atoms with Crippen LogP contribution in [0.4, 0.5) is 0 Å². The van der Waals surface area contributed by atoms with Crippen molar-refractivity contribution < 1.29 is 4.42 Å². The van der Waals surface area contributed by atoms with E-state index in [-0.39, 0.29) is 0 Å². The third-order valence-electron chi connectivity index (χ3n) is 2.17. The summed E-state index contributed by atoms with van der Waals surface area (Å²) in [6, 6.07) is 3.97. The van der Waals surface area contributed by atoms with Crippen molar-refractivity contribution in [2.24, 2.45) is 0 Å². The van der Waals surface area contributed by atoms with Gasteiger partial charge in [-0.25, -0.2) is 0 Å². The molecular weight excluding hydrogens is 152 g/mol. The molecule has 0 amide bonds. The fourth-order valence-electron chi connectivity index (χ4n) is 1.49. The average Bonchev–Trinajstić information content (AvgIpc) is 2.59. The molecule has 0 aromatic carbocycles. The summed E-state index contributed by atoms with van der Waals surface area (Å²) in [6.07, 6.45) is 1.73. The lowest BCUT2D eigenvalue weighted by Crippen LogP contribution is -2.42. The Kier molecular flexibility index (Phi) is 2.44. The van der Waals surface area contributed by atoms with Gasteiger partial charge in [-0.2, -0.15) is 0 Å². The fraction of sp³-hybridized carbons (Fsp3) is 0.556. The topological polar surface area (TPSA) is 28.4 Å². The van der Waals surface area contributed by atoms with Gasteiger partial charge in [-0.05, 0) is 12.1 Å². The van der Waals surface area contributed by atoms with E-state index >= 15 is 0 Å². The van der Waals surface area contributed by atoms with Crippen LogP contribution in [0.15, 0.2) is 22.8 Å². The quantitative estimate of drug-likeness (QED) is 0.700. The van der Waals surface area contributed by atoms with Gasteiger partial charge in [0.05, 0.1) is 12.8 Å². The number of furan rings is 1. The molecule has 0 aliphatic carbocycles. The van der Waals surface area contributed by atoms with E-state index < -0.39 is 0 Å². The van der Waals surface area contributed by atoms with Crippen LogP contribution in [-0.4, -0.2) is 31.1 Å². The minimum atomic E-state index is 0.953. The molecule has 0 spiro atoms. The van der Waals surface area contributed by atoms with Gasteiger partial charge in [-0.1, -0.05) is 0 Å². The van der Waals surface area contributed by atoms with E-state index in [1.807, 2.05) is 12.1 Å². The lowest BCUT2D eigenvalue weighted by Gasteiger charge is -2.25. The Hall–Kier alpha value is -0.800. The van der Waals surface area contributed by atoms with E-state index in [0.717, 1.165) is 38.5 Å². The van der Waals surface area contributed by atoms with E-state index in [9.17, 15) is 0 Å². The zero-order valence-electron chi connectivity index (χ0n) is 7.12. The predicted octanol–water partition coefficient (Wildman–Crippen LogP) is 0.685. The molecule has 1 fully saturated rings. The standard InChI is InChI=1S/C9H14N2O/c1-2-9(12-7-1)8-11-5-3-10-4-6-11/h1-2,7,10H,3-6,8H2. The lowest BCUT2D eigenvalue weighted by atomic mass is 10.3. The van der Waals surface area contributed by atoms with E-state index in [4.69, 9.17) is 4.42 Å². The molecule has 3 heteroatoms. The first-order valence-corrected chi connectivity index (χ1v) is 4.40. The van der Waals surface area contributed by atoms with Crippen LogP contribution in [-0.2, 0) is 6.54 Å². The Morgan fingerprint density at radius 3 is 2.92 bits per heavy atom. The first-order chi connectivity index (χ1) is 5.95. The van der Waals surface area contributed by atoms with Crippen LogP contribution in [0.1, 0.15) is 5.76 Å². The second-order valence-corrected chi connectivity index (χ2v) is 3.11. The van der Waals surface area contributed by atoms with Gasteiger partial charge in [0, 0.05) is 26.2 Å². The van der Waals surface area contributed by atoms with E-state index in [1.165, 1.54) is 0 Å². The molecule has 1 aromatic rings. The largest absolute Gasteiger partial charge is 0.468 e. The third-order valence-corrected chi connectivity index (χ3v) is 2.17.